The summed E-state index contributed by atoms with van der Waals surface area (Å²) >= 11 is 1.63. The van der Waals surface area contributed by atoms with Gasteiger partial charge in [0, 0.05) is 16.6 Å². The molecule has 0 radical (unpaired) electrons. The fourth-order valence-electron chi connectivity index (χ4n) is 3.77. The Labute approximate surface area is 195 Å². The van der Waals surface area contributed by atoms with Crippen molar-refractivity contribution in [3.63, 3.8) is 0 Å². The Morgan fingerprint density at radius 3 is 2.21 bits per heavy atom. The van der Waals surface area contributed by atoms with E-state index >= 15 is 0 Å². The minimum Gasteiger partial charge on any atom is -0.486 e. The molecule has 0 fully saturated rings. The molecule has 1 aliphatic rings. The van der Waals surface area contributed by atoms with Crippen molar-refractivity contribution in [2.45, 2.75) is 19.6 Å². The number of amides is 1. The maximum absolute atomic E-state index is 13.7. The average molecular weight is 465 g/mol. The Morgan fingerprint density at radius 1 is 0.848 bits per heavy atom. The van der Waals surface area contributed by atoms with Gasteiger partial charge in [-0.25, -0.2) is 0 Å². The minimum absolute atomic E-state index is 0.0295. The van der Waals surface area contributed by atoms with Crippen molar-refractivity contribution in [3.05, 3.63) is 88.9 Å². The number of carbonyl (C=O) groups is 1. The summed E-state index contributed by atoms with van der Waals surface area (Å²) in [6, 6.07) is 17.2. The van der Waals surface area contributed by atoms with Crippen molar-refractivity contribution in [2.24, 2.45) is 0 Å². The topological polar surface area (TPSA) is 68.3 Å². The van der Waals surface area contributed by atoms with Crippen LogP contribution in [0.15, 0.2) is 81.3 Å². The number of benzene rings is 1. The van der Waals surface area contributed by atoms with E-state index < -0.39 is 0 Å². The number of nitrogens with zero attached hydrogens (tertiary/aromatic N) is 2. The summed E-state index contributed by atoms with van der Waals surface area (Å²) in [7, 11) is 0. The molecule has 1 aliphatic heterocycles. The van der Waals surface area contributed by atoms with Crippen LogP contribution in [0.1, 0.15) is 16.4 Å². The average Bonchev–Trinajstić information content (AvgIpc) is 3.61. The number of carbonyl (C=O) groups excluding carboxylic acids is 1. The van der Waals surface area contributed by atoms with Crippen LogP contribution in [-0.4, -0.2) is 30.6 Å². The molecule has 33 heavy (non-hydrogen) atoms. The molecule has 0 unspecified atom stereocenters. The lowest BCUT2D eigenvalue weighted by Gasteiger charge is -2.28. The van der Waals surface area contributed by atoms with E-state index in [1.807, 2.05) is 64.9 Å². The minimum atomic E-state index is -0.0295. The first-order valence-corrected chi connectivity index (χ1v) is 11.6. The Kier molecular flexibility index (Phi) is 6.46. The van der Waals surface area contributed by atoms with Gasteiger partial charge in [0.15, 0.2) is 11.5 Å². The predicted octanol–water partition coefficient (Wildman–Crippen LogP) is 4.94. The summed E-state index contributed by atoms with van der Waals surface area (Å²) in [4.78, 5) is 18.6. The third-order valence-corrected chi connectivity index (χ3v) is 6.17. The fourth-order valence-corrected chi connectivity index (χ4v) is 4.46. The molecule has 0 spiro atoms. The van der Waals surface area contributed by atoms with Gasteiger partial charge in [0.1, 0.15) is 24.7 Å². The zero-order valence-electron chi connectivity index (χ0n) is 18.0. The van der Waals surface area contributed by atoms with Gasteiger partial charge in [-0.15, -0.1) is 11.3 Å². The molecular formula is C25H24N2O5S. The van der Waals surface area contributed by atoms with Gasteiger partial charge < -0.3 is 23.2 Å². The third-order valence-electron chi connectivity index (χ3n) is 5.31. The molecule has 0 atom stereocenters. The maximum Gasteiger partial charge on any atom is 0.241 e. The third kappa shape index (κ3) is 5.30. The quantitative estimate of drug-likeness (QED) is 0.350. The van der Waals surface area contributed by atoms with Crippen LogP contribution in [0.3, 0.4) is 0 Å². The normalized spacial score (nSPS) is 12.8. The van der Waals surface area contributed by atoms with E-state index in [0.717, 1.165) is 22.1 Å². The monoisotopic (exact) mass is 464 g/mol. The van der Waals surface area contributed by atoms with E-state index in [1.54, 1.807) is 28.8 Å². The van der Waals surface area contributed by atoms with Gasteiger partial charge in [0.25, 0.3) is 0 Å². The number of thiophene rings is 1. The number of anilines is 1. The second kappa shape index (κ2) is 9.97. The van der Waals surface area contributed by atoms with Crippen molar-refractivity contribution < 1.29 is 23.1 Å². The first kappa shape index (κ1) is 21.4. The van der Waals surface area contributed by atoms with Crippen LogP contribution in [0, 0.1) is 0 Å². The Bertz CT molecular complexity index is 1120. The van der Waals surface area contributed by atoms with E-state index in [2.05, 4.69) is 0 Å². The summed E-state index contributed by atoms with van der Waals surface area (Å²) in [5, 5.41) is 2.02. The van der Waals surface area contributed by atoms with Crippen LogP contribution in [0.4, 0.5) is 5.69 Å². The van der Waals surface area contributed by atoms with Crippen LogP contribution >= 0.6 is 11.3 Å². The fraction of sp³-hybridized carbons (Fsp3) is 0.240. The molecule has 4 heterocycles. The van der Waals surface area contributed by atoms with Gasteiger partial charge in [0.05, 0.1) is 38.7 Å². The van der Waals surface area contributed by atoms with Gasteiger partial charge in [-0.05, 0) is 47.8 Å². The number of furan rings is 2. The van der Waals surface area contributed by atoms with Crippen LogP contribution < -0.4 is 14.4 Å². The van der Waals surface area contributed by atoms with Crippen molar-refractivity contribution in [1.82, 2.24) is 4.90 Å². The molecule has 3 aromatic heterocycles. The molecule has 0 N–H and O–H groups in total. The zero-order chi connectivity index (χ0) is 22.5. The highest BCUT2D eigenvalue weighted by molar-refractivity contribution is 7.09. The van der Waals surface area contributed by atoms with Crippen molar-refractivity contribution >= 4 is 22.9 Å². The van der Waals surface area contributed by atoms with Crippen LogP contribution in [0.25, 0.3) is 0 Å². The highest BCUT2D eigenvalue weighted by atomic mass is 32.1. The number of fused-ring (bicyclic) bond motifs is 1. The summed E-state index contributed by atoms with van der Waals surface area (Å²) in [5.74, 6) is 2.91. The van der Waals surface area contributed by atoms with Gasteiger partial charge in [-0.2, -0.15) is 0 Å². The molecule has 5 rings (SSSR count). The van der Waals surface area contributed by atoms with Gasteiger partial charge in [-0.3, -0.25) is 9.69 Å². The zero-order valence-corrected chi connectivity index (χ0v) is 18.8. The van der Waals surface area contributed by atoms with Crippen molar-refractivity contribution in [2.75, 3.05) is 24.7 Å². The second-order valence-electron chi connectivity index (χ2n) is 7.69. The number of hydrogen-bond donors (Lipinski definition) is 0. The lowest BCUT2D eigenvalue weighted by atomic mass is 10.2. The maximum atomic E-state index is 13.7. The lowest BCUT2D eigenvalue weighted by Crippen LogP contribution is -2.39. The molecule has 0 bridgehead atoms. The second-order valence-corrected chi connectivity index (χ2v) is 8.72. The van der Waals surface area contributed by atoms with E-state index in [4.69, 9.17) is 18.3 Å². The Morgan fingerprint density at radius 2 is 1.58 bits per heavy atom. The van der Waals surface area contributed by atoms with Gasteiger partial charge in [-0.1, -0.05) is 6.07 Å². The lowest BCUT2D eigenvalue weighted by molar-refractivity contribution is -0.120. The predicted molar refractivity (Wildman–Crippen MR) is 124 cm³/mol. The van der Waals surface area contributed by atoms with Gasteiger partial charge in [0.2, 0.25) is 5.91 Å². The number of ether oxygens (including phenoxy) is 2. The summed E-state index contributed by atoms with van der Waals surface area (Å²) in [5.41, 5.74) is 0.772. The SMILES string of the molecule is O=C(CN(Cc1ccco1)Cc1ccco1)N(Cc1cccs1)c1ccc2c(c1)OCCO2. The summed E-state index contributed by atoms with van der Waals surface area (Å²) in [6.45, 7) is 2.68. The van der Waals surface area contributed by atoms with Crippen LogP contribution in [0.5, 0.6) is 11.5 Å². The van der Waals surface area contributed by atoms with Crippen molar-refractivity contribution in [1.29, 1.82) is 0 Å². The van der Waals surface area contributed by atoms with Crippen LogP contribution in [-0.2, 0) is 24.4 Å². The highest BCUT2D eigenvalue weighted by Gasteiger charge is 2.23. The van der Waals surface area contributed by atoms with E-state index in [-0.39, 0.29) is 12.5 Å². The molecule has 4 aromatic rings. The molecule has 1 aromatic carbocycles. The van der Waals surface area contributed by atoms with Crippen LogP contribution in [0.2, 0.25) is 0 Å². The first-order chi connectivity index (χ1) is 16.2. The number of hydrogen-bond acceptors (Lipinski definition) is 7. The molecular weight excluding hydrogens is 440 g/mol. The van der Waals surface area contributed by atoms with E-state index in [9.17, 15) is 4.79 Å². The summed E-state index contributed by atoms with van der Waals surface area (Å²) < 4.78 is 22.5. The van der Waals surface area contributed by atoms with E-state index in [0.29, 0.717) is 44.3 Å². The molecule has 0 saturated heterocycles. The molecule has 7 nitrogen and oxygen atoms in total. The molecule has 1 amide bonds. The molecule has 0 saturated carbocycles. The number of rotatable bonds is 9. The van der Waals surface area contributed by atoms with Crippen molar-refractivity contribution in [3.8, 4) is 11.5 Å². The Hall–Kier alpha value is -3.49. The molecule has 8 heteroatoms. The Balaban J connectivity index is 1.40. The largest absolute Gasteiger partial charge is 0.486 e. The van der Waals surface area contributed by atoms with Gasteiger partial charge >= 0.3 is 0 Å². The molecule has 0 aliphatic carbocycles. The van der Waals surface area contributed by atoms with E-state index in [1.165, 1.54) is 0 Å². The smallest absolute Gasteiger partial charge is 0.241 e. The standard InChI is InChI=1S/C25H24N2O5S/c28-25(18-26(15-20-4-1-9-29-20)16-21-5-2-10-30-21)27(17-22-6-3-13-33-22)19-7-8-23-24(14-19)32-12-11-31-23/h1-10,13-14H,11-12,15-18H2. The highest BCUT2D eigenvalue weighted by Crippen LogP contribution is 2.35. The molecule has 170 valence electrons. The first-order valence-electron chi connectivity index (χ1n) is 10.7. The summed E-state index contributed by atoms with van der Waals surface area (Å²) in [6.07, 6.45) is 3.28.